The van der Waals surface area contributed by atoms with Gasteiger partial charge < -0.3 is 10.6 Å². The van der Waals surface area contributed by atoms with Gasteiger partial charge in [-0.2, -0.15) is 0 Å². The summed E-state index contributed by atoms with van der Waals surface area (Å²) >= 11 is 1.27. The molecular formula is C12H23IN4O2S2. The lowest BCUT2D eigenvalue weighted by atomic mass is 10.4. The molecule has 0 aliphatic rings. The average Bonchev–Trinajstić information content (AvgIpc) is 2.88. The van der Waals surface area contributed by atoms with Gasteiger partial charge in [0, 0.05) is 32.6 Å². The first-order valence-corrected chi connectivity index (χ1v) is 8.63. The third-order valence-electron chi connectivity index (χ3n) is 2.57. The Bertz CT molecular complexity index is 555. The third-order valence-corrected chi connectivity index (χ3v) is 5.94. The van der Waals surface area contributed by atoms with Crippen LogP contribution < -0.4 is 10.6 Å². The summed E-state index contributed by atoms with van der Waals surface area (Å²) in [6, 6.07) is 3.46. The van der Waals surface area contributed by atoms with Crippen molar-refractivity contribution >= 4 is 51.3 Å². The van der Waals surface area contributed by atoms with Crippen LogP contribution in [0.3, 0.4) is 0 Å². The molecular weight excluding hydrogens is 423 g/mol. The molecule has 0 fully saturated rings. The molecule has 1 aromatic heterocycles. The van der Waals surface area contributed by atoms with Crippen LogP contribution in [-0.2, 0) is 16.6 Å². The van der Waals surface area contributed by atoms with Crippen molar-refractivity contribution < 1.29 is 8.42 Å². The van der Waals surface area contributed by atoms with E-state index in [0.717, 1.165) is 23.8 Å². The second kappa shape index (κ2) is 9.59. The van der Waals surface area contributed by atoms with Gasteiger partial charge in [0.25, 0.3) is 10.0 Å². The first kappa shape index (κ1) is 20.6. The molecule has 6 nitrogen and oxygen atoms in total. The van der Waals surface area contributed by atoms with Gasteiger partial charge in [-0.05, 0) is 18.6 Å². The van der Waals surface area contributed by atoms with Crippen LogP contribution in [0.15, 0.2) is 21.3 Å². The summed E-state index contributed by atoms with van der Waals surface area (Å²) in [4.78, 5) is 5.05. The maximum atomic E-state index is 12.0. The molecule has 1 aromatic rings. The molecule has 0 aliphatic heterocycles. The maximum absolute atomic E-state index is 12.0. The number of halogens is 1. The fourth-order valence-electron chi connectivity index (χ4n) is 1.41. The van der Waals surface area contributed by atoms with Gasteiger partial charge in [0.2, 0.25) is 0 Å². The van der Waals surface area contributed by atoms with Crippen molar-refractivity contribution in [2.75, 3.05) is 27.7 Å². The lowest BCUT2D eigenvalue weighted by Crippen LogP contribution is -2.36. The molecule has 0 aromatic carbocycles. The van der Waals surface area contributed by atoms with Gasteiger partial charge in [0.1, 0.15) is 4.21 Å². The van der Waals surface area contributed by atoms with Crippen molar-refractivity contribution in [3.05, 3.63) is 17.0 Å². The number of hydrogen-bond donors (Lipinski definition) is 2. The van der Waals surface area contributed by atoms with Gasteiger partial charge in [-0.3, -0.25) is 4.99 Å². The molecule has 9 heteroatoms. The Morgan fingerprint density at radius 3 is 2.52 bits per heavy atom. The molecule has 0 unspecified atom stereocenters. The highest BCUT2D eigenvalue weighted by Crippen LogP contribution is 2.23. The van der Waals surface area contributed by atoms with E-state index in [2.05, 4.69) is 22.5 Å². The number of hydrogen-bond acceptors (Lipinski definition) is 4. The maximum Gasteiger partial charge on any atom is 0.252 e. The quantitative estimate of drug-likeness (QED) is 0.396. The van der Waals surface area contributed by atoms with E-state index in [0.29, 0.717) is 10.8 Å². The summed E-state index contributed by atoms with van der Waals surface area (Å²) in [5.74, 6) is 0.720. The van der Waals surface area contributed by atoms with Crippen molar-refractivity contribution in [3.63, 3.8) is 0 Å². The predicted octanol–water partition coefficient (Wildman–Crippen LogP) is 1.69. The second-order valence-electron chi connectivity index (χ2n) is 4.36. The van der Waals surface area contributed by atoms with Crippen molar-refractivity contribution in [1.82, 2.24) is 14.9 Å². The van der Waals surface area contributed by atoms with Gasteiger partial charge in [0.05, 0.1) is 6.54 Å². The first-order chi connectivity index (χ1) is 9.41. The minimum atomic E-state index is -3.34. The van der Waals surface area contributed by atoms with E-state index in [1.807, 2.05) is 6.07 Å². The molecule has 0 atom stereocenters. The summed E-state index contributed by atoms with van der Waals surface area (Å²) in [6.07, 6.45) is 1.02. The molecule has 0 saturated heterocycles. The van der Waals surface area contributed by atoms with E-state index < -0.39 is 10.0 Å². The van der Waals surface area contributed by atoms with Gasteiger partial charge >= 0.3 is 0 Å². The number of thiophene rings is 1. The topological polar surface area (TPSA) is 73.8 Å². The van der Waals surface area contributed by atoms with Crippen LogP contribution in [0.25, 0.3) is 0 Å². The fourth-order valence-corrected chi connectivity index (χ4v) is 3.87. The highest BCUT2D eigenvalue weighted by molar-refractivity contribution is 14.0. The number of rotatable bonds is 6. The molecule has 1 rings (SSSR count). The summed E-state index contributed by atoms with van der Waals surface area (Å²) in [5, 5.41) is 6.32. The Kier molecular flexibility index (Phi) is 9.41. The van der Waals surface area contributed by atoms with Crippen LogP contribution in [0.4, 0.5) is 0 Å². The average molecular weight is 446 g/mol. The van der Waals surface area contributed by atoms with Gasteiger partial charge in [-0.1, -0.05) is 6.92 Å². The van der Waals surface area contributed by atoms with Crippen molar-refractivity contribution in [2.24, 2.45) is 4.99 Å². The number of aliphatic imine (C=N–C) groups is 1. The Morgan fingerprint density at radius 1 is 1.33 bits per heavy atom. The summed E-state index contributed by atoms with van der Waals surface area (Å²) in [5.41, 5.74) is 0. The summed E-state index contributed by atoms with van der Waals surface area (Å²) in [6.45, 7) is 3.49. The number of guanidine groups is 1. The molecule has 0 saturated carbocycles. The third kappa shape index (κ3) is 6.09. The zero-order chi connectivity index (χ0) is 15.2. The highest BCUT2D eigenvalue weighted by atomic mass is 127. The molecule has 0 amide bonds. The molecule has 0 spiro atoms. The second-order valence-corrected chi connectivity index (χ2v) is 7.91. The van der Waals surface area contributed by atoms with Crippen LogP contribution >= 0.6 is 35.3 Å². The van der Waals surface area contributed by atoms with Crippen molar-refractivity contribution in [1.29, 1.82) is 0 Å². The Hall–Kier alpha value is -0.390. The molecule has 0 radical (unpaired) electrons. The number of nitrogens with zero attached hydrogens (tertiary/aromatic N) is 2. The normalized spacial score (nSPS) is 12.1. The van der Waals surface area contributed by atoms with E-state index >= 15 is 0 Å². The minimum absolute atomic E-state index is 0. The zero-order valence-corrected chi connectivity index (χ0v) is 16.7. The highest BCUT2D eigenvalue weighted by Gasteiger charge is 2.19. The zero-order valence-electron chi connectivity index (χ0n) is 12.7. The summed E-state index contributed by atoms with van der Waals surface area (Å²) < 4.78 is 25.5. The minimum Gasteiger partial charge on any atom is -0.356 e. The first-order valence-electron chi connectivity index (χ1n) is 6.37. The summed E-state index contributed by atoms with van der Waals surface area (Å²) in [7, 11) is 1.44. The van der Waals surface area contributed by atoms with Crippen LogP contribution in [0, 0.1) is 0 Å². The molecule has 1 heterocycles. The van der Waals surface area contributed by atoms with Crippen LogP contribution in [0.2, 0.25) is 0 Å². The SMILES string of the molecule is CCCNC(=NC)NCc1ccc(S(=O)(=O)N(C)C)s1.I. The van der Waals surface area contributed by atoms with Crippen molar-refractivity contribution in [3.8, 4) is 0 Å². The van der Waals surface area contributed by atoms with Crippen LogP contribution in [0.5, 0.6) is 0 Å². The number of sulfonamides is 1. The fraction of sp³-hybridized carbons (Fsp3) is 0.583. The van der Waals surface area contributed by atoms with E-state index in [-0.39, 0.29) is 24.0 Å². The van der Waals surface area contributed by atoms with E-state index in [9.17, 15) is 8.42 Å². The molecule has 122 valence electrons. The molecule has 0 aliphatic carbocycles. The smallest absolute Gasteiger partial charge is 0.252 e. The standard InChI is InChI=1S/C12H22N4O2S2.HI/c1-5-8-14-12(13-2)15-9-10-6-7-11(19-10)20(17,18)16(3)4;/h6-7H,5,8-9H2,1-4H3,(H2,13,14,15);1H. The van der Waals surface area contributed by atoms with Gasteiger partial charge in [-0.25, -0.2) is 12.7 Å². The lowest BCUT2D eigenvalue weighted by Gasteiger charge is -2.10. The largest absolute Gasteiger partial charge is 0.356 e. The van der Waals surface area contributed by atoms with E-state index in [4.69, 9.17) is 0 Å². The van der Waals surface area contributed by atoms with Crippen molar-refractivity contribution in [2.45, 2.75) is 24.1 Å². The van der Waals surface area contributed by atoms with Gasteiger partial charge in [0.15, 0.2) is 5.96 Å². The molecule has 21 heavy (non-hydrogen) atoms. The van der Waals surface area contributed by atoms with Crippen LogP contribution in [-0.4, -0.2) is 46.4 Å². The van der Waals surface area contributed by atoms with Crippen LogP contribution in [0.1, 0.15) is 18.2 Å². The number of nitrogens with one attached hydrogen (secondary N) is 2. The van der Waals surface area contributed by atoms with E-state index in [1.54, 1.807) is 13.1 Å². The molecule has 2 N–H and O–H groups in total. The Balaban J connectivity index is 0.00000400. The van der Waals surface area contributed by atoms with E-state index in [1.165, 1.54) is 29.7 Å². The monoisotopic (exact) mass is 446 g/mol. The molecule has 0 bridgehead atoms. The lowest BCUT2D eigenvalue weighted by molar-refractivity contribution is 0.523. The Morgan fingerprint density at radius 2 is 2.00 bits per heavy atom. The predicted molar refractivity (Wildman–Crippen MR) is 99.1 cm³/mol. The Labute approximate surface area is 148 Å². The van der Waals surface area contributed by atoms with Gasteiger partial charge in [-0.15, -0.1) is 35.3 Å².